The number of aromatic nitrogens is 2. The zero-order valence-corrected chi connectivity index (χ0v) is 8.28. The van der Waals surface area contributed by atoms with Crippen LogP contribution in [0.2, 0.25) is 0 Å². The molecule has 68 valence electrons. The summed E-state index contributed by atoms with van der Waals surface area (Å²) in [4.78, 5) is 2.99. The maximum absolute atomic E-state index is 5.24. The molecule has 0 radical (unpaired) electrons. The molecule has 0 unspecified atom stereocenters. The standard InChI is InChI=1S/C8H14N2OS/c1-3-11-5-4-10-7(2)6-9-8(10)12/h6H,3-5H2,1-2H3,(H,9,12). The van der Waals surface area contributed by atoms with Crippen molar-refractivity contribution in [1.82, 2.24) is 9.55 Å². The van der Waals surface area contributed by atoms with Crippen molar-refractivity contribution >= 4 is 12.2 Å². The number of rotatable bonds is 4. The van der Waals surface area contributed by atoms with Gasteiger partial charge in [0.15, 0.2) is 4.77 Å². The molecule has 0 fully saturated rings. The van der Waals surface area contributed by atoms with E-state index in [-0.39, 0.29) is 0 Å². The monoisotopic (exact) mass is 186 g/mol. The maximum atomic E-state index is 5.24. The van der Waals surface area contributed by atoms with Crippen LogP contribution in [-0.2, 0) is 11.3 Å². The fraction of sp³-hybridized carbons (Fsp3) is 0.625. The lowest BCUT2D eigenvalue weighted by molar-refractivity contribution is 0.138. The van der Waals surface area contributed by atoms with Crippen LogP contribution in [-0.4, -0.2) is 22.8 Å². The molecular formula is C8H14N2OS. The Morgan fingerprint density at radius 1 is 1.67 bits per heavy atom. The van der Waals surface area contributed by atoms with Crippen LogP contribution < -0.4 is 0 Å². The molecule has 0 aromatic carbocycles. The summed E-state index contributed by atoms with van der Waals surface area (Å²) in [6, 6.07) is 0. The van der Waals surface area contributed by atoms with Gasteiger partial charge >= 0.3 is 0 Å². The van der Waals surface area contributed by atoms with Gasteiger partial charge in [-0.05, 0) is 26.1 Å². The molecule has 0 aliphatic rings. The Hall–Kier alpha value is -0.610. The van der Waals surface area contributed by atoms with E-state index in [1.165, 1.54) is 0 Å². The Balaban J connectivity index is 2.56. The highest BCUT2D eigenvalue weighted by Crippen LogP contribution is 1.98. The molecule has 0 aliphatic carbocycles. The second-order valence-electron chi connectivity index (χ2n) is 2.58. The van der Waals surface area contributed by atoms with Gasteiger partial charge in [0.2, 0.25) is 0 Å². The van der Waals surface area contributed by atoms with Gasteiger partial charge in [0.25, 0.3) is 0 Å². The lowest BCUT2D eigenvalue weighted by atomic mass is 10.5. The average molecular weight is 186 g/mol. The van der Waals surface area contributed by atoms with Gasteiger partial charge in [-0.3, -0.25) is 0 Å². The van der Waals surface area contributed by atoms with Crippen LogP contribution in [0.4, 0.5) is 0 Å². The number of ether oxygens (including phenoxy) is 1. The normalized spacial score (nSPS) is 10.5. The average Bonchev–Trinajstić information content (AvgIpc) is 2.35. The summed E-state index contributed by atoms with van der Waals surface area (Å²) in [6.45, 7) is 6.34. The highest BCUT2D eigenvalue weighted by molar-refractivity contribution is 7.71. The number of aryl methyl sites for hydroxylation is 1. The van der Waals surface area contributed by atoms with E-state index in [1.54, 1.807) is 0 Å². The summed E-state index contributed by atoms with van der Waals surface area (Å²) in [6.07, 6.45) is 1.91. The first-order valence-corrected chi connectivity index (χ1v) is 4.49. The predicted molar refractivity (Wildman–Crippen MR) is 50.8 cm³/mol. The summed E-state index contributed by atoms with van der Waals surface area (Å²) in [5.74, 6) is 0. The van der Waals surface area contributed by atoms with Crippen molar-refractivity contribution in [1.29, 1.82) is 0 Å². The molecule has 1 rings (SSSR count). The molecule has 0 atom stereocenters. The van der Waals surface area contributed by atoms with Crippen LogP contribution in [0, 0.1) is 11.7 Å². The van der Waals surface area contributed by atoms with E-state index in [0.29, 0.717) is 0 Å². The molecule has 1 N–H and O–H groups in total. The van der Waals surface area contributed by atoms with Gasteiger partial charge in [-0.15, -0.1) is 0 Å². The highest BCUT2D eigenvalue weighted by atomic mass is 32.1. The van der Waals surface area contributed by atoms with Crippen LogP contribution in [0.3, 0.4) is 0 Å². The minimum Gasteiger partial charge on any atom is -0.380 e. The van der Waals surface area contributed by atoms with Crippen molar-refractivity contribution < 1.29 is 4.74 Å². The third-order valence-corrected chi connectivity index (χ3v) is 2.08. The van der Waals surface area contributed by atoms with Crippen LogP contribution in [0.5, 0.6) is 0 Å². The van der Waals surface area contributed by atoms with Crippen molar-refractivity contribution in [2.75, 3.05) is 13.2 Å². The summed E-state index contributed by atoms with van der Waals surface area (Å²) in [5, 5.41) is 0. The molecule has 1 aromatic rings. The second kappa shape index (κ2) is 4.42. The zero-order valence-electron chi connectivity index (χ0n) is 7.46. The fourth-order valence-electron chi connectivity index (χ4n) is 1.06. The Labute approximate surface area is 77.4 Å². The van der Waals surface area contributed by atoms with Crippen molar-refractivity contribution in [2.45, 2.75) is 20.4 Å². The molecule has 0 amide bonds. The molecule has 0 aliphatic heterocycles. The lowest BCUT2D eigenvalue weighted by Crippen LogP contribution is -2.07. The van der Waals surface area contributed by atoms with Gasteiger partial charge in [0, 0.05) is 25.0 Å². The highest BCUT2D eigenvalue weighted by Gasteiger charge is 1.97. The van der Waals surface area contributed by atoms with Crippen molar-refractivity contribution in [3.63, 3.8) is 0 Å². The molecule has 12 heavy (non-hydrogen) atoms. The quantitative estimate of drug-likeness (QED) is 0.575. The Morgan fingerprint density at radius 3 is 2.92 bits per heavy atom. The maximum Gasteiger partial charge on any atom is 0.177 e. The first-order valence-electron chi connectivity index (χ1n) is 4.08. The number of imidazole rings is 1. The summed E-state index contributed by atoms with van der Waals surface area (Å²) in [5.41, 5.74) is 1.15. The van der Waals surface area contributed by atoms with Gasteiger partial charge < -0.3 is 14.3 Å². The molecule has 4 heteroatoms. The molecule has 0 saturated heterocycles. The molecule has 3 nitrogen and oxygen atoms in total. The van der Waals surface area contributed by atoms with E-state index in [0.717, 1.165) is 30.2 Å². The number of H-pyrrole nitrogens is 1. The van der Waals surface area contributed by atoms with Crippen molar-refractivity contribution in [2.24, 2.45) is 0 Å². The Kier molecular flexibility index (Phi) is 3.49. The third kappa shape index (κ3) is 2.19. The Bertz CT molecular complexity index is 289. The van der Waals surface area contributed by atoms with E-state index in [2.05, 4.69) is 4.98 Å². The van der Waals surface area contributed by atoms with E-state index >= 15 is 0 Å². The predicted octanol–water partition coefficient (Wildman–Crippen LogP) is 1.89. The van der Waals surface area contributed by atoms with Crippen LogP contribution in [0.1, 0.15) is 12.6 Å². The molecular weight excluding hydrogens is 172 g/mol. The van der Waals surface area contributed by atoms with E-state index in [9.17, 15) is 0 Å². The summed E-state index contributed by atoms with van der Waals surface area (Å²) < 4.78 is 8.04. The van der Waals surface area contributed by atoms with Crippen LogP contribution >= 0.6 is 12.2 Å². The second-order valence-corrected chi connectivity index (χ2v) is 2.97. The van der Waals surface area contributed by atoms with Gasteiger partial charge in [0.1, 0.15) is 0 Å². The van der Waals surface area contributed by atoms with E-state index in [1.807, 2.05) is 24.6 Å². The molecule has 0 bridgehead atoms. The zero-order chi connectivity index (χ0) is 8.97. The van der Waals surface area contributed by atoms with Crippen LogP contribution in [0.25, 0.3) is 0 Å². The number of hydrogen-bond acceptors (Lipinski definition) is 2. The first kappa shape index (κ1) is 9.48. The summed E-state index contributed by atoms with van der Waals surface area (Å²) in [7, 11) is 0. The van der Waals surface area contributed by atoms with Gasteiger partial charge in [-0.25, -0.2) is 0 Å². The Morgan fingerprint density at radius 2 is 2.42 bits per heavy atom. The van der Waals surface area contributed by atoms with Gasteiger partial charge in [0.05, 0.1) is 6.61 Å². The fourth-order valence-corrected chi connectivity index (χ4v) is 1.35. The minimum absolute atomic E-state index is 0.726. The van der Waals surface area contributed by atoms with Crippen LogP contribution in [0.15, 0.2) is 6.20 Å². The number of hydrogen-bond donors (Lipinski definition) is 1. The molecule has 0 spiro atoms. The number of nitrogens with one attached hydrogen (secondary N) is 1. The minimum atomic E-state index is 0.726. The molecule has 1 aromatic heterocycles. The topological polar surface area (TPSA) is 29.9 Å². The molecule has 1 heterocycles. The smallest absolute Gasteiger partial charge is 0.177 e. The number of nitrogens with zero attached hydrogens (tertiary/aromatic N) is 1. The number of aromatic amines is 1. The van der Waals surface area contributed by atoms with Gasteiger partial charge in [-0.2, -0.15) is 0 Å². The first-order chi connectivity index (χ1) is 5.75. The van der Waals surface area contributed by atoms with Crippen molar-refractivity contribution in [3.8, 4) is 0 Å². The van der Waals surface area contributed by atoms with E-state index in [4.69, 9.17) is 17.0 Å². The SMILES string of the molecule is CCOCCn1c(C)c[nH]c1=S. The lowest BCUT2D eigenvalue weighted by Gasteiger charge is -2.04. The van der Waals surface area contributed by atoms with E-state index < -0.39 is 0 Å². The van der Waals surface area contributed by atoms with Gasteiger partial charge in [-0.1, -0.05) is 0 Å². The third-order valence-electron chi connectivity index (χ3n) is 1.74. The largest absolute Gasteiger partial charge is 0.380 e. The summed E-state index contributed by atoms with van der Waals surface area (Å²) >= 11 is 5.07. The van der Waals surface area contributed by atoms with Crippen molar-refractivity contribution in [3.05, 3.63) is 16.7 Å². The molecule has 0 saturated carbocycles.